The molecule has 1 aliphatic heterocycles. The highest BCUT2D eigenvalue weighted by atomic mass is 32.1. The minimum atomic E-state index is 1.00. The van der Waals surface area contributed by atoms with Crippen molar-refractivity contribution in [2.75, 3.05) is 32.7 Å². The van der Waals surface area contributed by atoms with E-state index in [1.165, 1.54) is 27.0 Å². The van der Waals surface area contributed by atoms with Crippen molar-refractivity contribution >= 4 is 22.1 Å². The maximum absolute atomic E-state index is 4.59. The minimum Gasteiger partial charge on any atom is -0.300 e. The van der Waals surface area contributed by atoms with Gasteiger partial charge in [-0.1, -0.05) is 42.5 Å². The SMILES string of the molecule is Cc1nc(CN2CCN(CCc3cccc4ccccc34)CC2)cs1. The van der Waals surface area contributed by atoms with Crippen molar-refractivity contribution in [3.8, 4) is 0 Å². The molecule has 0 bridgehead atoms. The first-order valence-electron chi connectivity index (χ1n) is 9.10. The number of hydrogen-bond acceptors (Lipinski definition) is 4. The number of thiazole rings is 1. The molecule has 0 unspecified atom stereocenters. The van der Waals surface area contributed by atoms with Gasteiger partial charge in [0, 0.05) is 44.6 Å². The van der Waals surface area contributed by atoms with E-state index in [1.807, 2.05) is 0 Å². The lowest BCUT2D eigenvalue weighted by Gasteiger charge is -2.34. The highest BCUT2D eigenvalue weighted by Gasteiger charge is 2.17. The molecule has 4 heteroatoms. The highest BCUT2D eigenvalue weighted by Crippen LogP contribution is 2.19. The van der Waals surface area contributed by atoms with Crippen LogP contribution in [-0.2, 0) is 13.0 Å². The Balaban J connectivity index is 1.30. The molecule has 4 rings (SSSR count). The molecule has 0 N–H and O–H groups in total. The van der Waals surface area contributed by atoms with Crippen LogP contribution in [0.4, 0.5) is 0 Å². The second-order valence-corrected chi connectivity index (χ2v) is 7.93. The third-order valence-corrected chi connectivity index (χ3v) is 5.92. The van der Waals surface area contributed by atoms with E-state index in [0.29, 0.717) is 0 Å². The molecule has 1 aliphatic rings. The van der Waals surface area contributed by atoms with E-state index in [-0.39, 0.29) is 0 Å². The van der Waals surface area contributed by atoms with Crippen molar-refractivity contribution in [1.29, 1.82) is 0 Å². The molecule has 3 aromatic rings. The van der Waals surface area contributed by atoms with Crippen LogP contribution in [0.3, 0.4) is 0 Å². The van der Waals surface area contributed by atoms with E-state index in [9.17, 15) is 0 Å². The normalized spacial score (nSPS) is 16.5. The largest absolute Gasteiger partial charge is 0.300 e. The van der Waals surface area contributed by atoms with Crippen molar-refractivity contribution in [2.45, 2.75) is 19.9 Å². The zero-order valence-corrected chi connectivity index (χ0v) is 15.6. The number of piperazine rings is 1. The summed E-state index contributed by atoms with van der Waals surface area (Å²) in [5, 5.41) is 6.12. The van der Waals surface area contributed by atoms with Gasteiger partial charge >= 0.3 is 0 Å². The van der Waals surface area contributed by atoms with Crippen molar-refractivity contribution < 1.29 is 0 Å². The second kappa shape index (κ2) is 7.65. The van der Waals surface area contributed by atoms with Gasteiger partial charge in [0.1, 0.15) is 0 Å². The maximum Gasteiger partial charge on any atom is 0.0897 e. The number of nitrogens with zero attached hydrogens (tertiary/aromatic N) is 3. The molecular weight excluding hydrogens is 326 g/mol. The Kier molecular flexibility index (Phi) is 5.11. The Morgan fingerprint density at radius 2 is 1.72 bits per heavy atom. The molecule has 0 radical (unpaired) electrons. The standard InChI is InChI=1S/C21H25N3S/c1-17-22-20(16-25-17)15-24-13-11-23(12-14-24)10-9-19-7-4-6-18-5-2-3-8-21(18)19/h2-8,16H,9-15H2,1H3. The Morgan fingerprint density at radius 3 is 2.52 bits per heavy atom. The topological polar surface area (TPSA) is 19.4 Å². The number of hydrogen-bond donors (Lipinski definition) is 0. The molecule has 1 saturated heterocycles. The van der Waals surface area contributed by atoms with Crippen LogP contribution in [0.25, 0.3) is 10.8 Å². The smallest absolute Gasteiger partial charge is 0.0897 e. The maximum atomic E-state index is 4.59. The molecule has 0 saturated carbocycles. The van der Waals surface area contributed by atoms with E-state index in [1.54, 1.807) is 11.3 Å². The lowest BCUT2D eigenvalue weighted by Crippen LogP contribution is -2.46. The summed E-state index contributed by atoms with van der Waals surface area (Å²) in [5.41, 5.74) is 2.70. The molecule has 130 valence electrons. The number of benzene rings is 2. The quantitative estimate of drug-likeness (QED) is 0.693. The molecule has 2 aromatic carbocycles. The number of rotatable bonds is 5. The predicted octanol–water partition coefficient (Wildman–Crippen LogP) is 3.97. The van der Waals surface area contributed by atoms with Gasteiger partial charge in [-0.3, -0.25) is 4.90 Å². The number of fused-ring (bicyclic) bond motifs is 1. The second-order valence-electron chi connectivity index (χ2n) is 6.86. The first-order valence-corrected chi connectivity index (χ1v) is 9.98. The van der Waals surface area contributed by atoms with Crippen LogP contribution in [0.1, 0.15) is 16.3 Å². The van der Waals surface area contributed by atoms with E-state index in [4.69, 9.17) is 0 Å². The van der Waals surface area contributed by atoms with Gasteiger partial charge in [-0.15, -0.1) is 11.3 Å². The first kappa shape index (κ1) is 16.7. The third-order valence-electron chi connectivity index (χ3n) is 5.09. The van der Waals surface area contributed by atoms with Crippen LogP contribution in [0, 0.1) is 6.92 Å². The first-order chi connectivity index (χ1) is 12.3. The van der Waals surface area contributed by atoms with Crippen LogP contribution < -0.4 is 0 Å². The van der Waals surface area contributed by atoms with Gasteiger partial charge < -0.3 is 4.90 Å². The van der Waals surface area contributed by atoms with Crippen molar-refractivity contribution in [2.24, 2.45) is 0 Å². The molecule has 0 amide bonds. The Bertz CT molecular complexity index is 829. The highest BCUT2D eigenvalue weighted by molar-refractivity contribution is 7.09. The molecule has 2 heterocycles. The van der Waals surface area contributed by atoms with Crippen LogP contribution in [0.15, 0.2) is 47.8 Å². The van der Waals surface area contributed by atoms with Gasteiger partial charge in [0.15, 0.2) is 0 Å². The predicted molar refractivity (Wildman–Crippen MR) is 106 cm³/mol. The third kappa shape index (κ3) is 4.09. The van der Waals surface area contributed by atoms with Crippen molar-refractivity contribution in [3.63, 3.8) is 0 Å². The fourth-order valence-corrected chi connectivity index (χ4v) is 4.27. The molecule has 0 atom stereocenters. The van der Waals surface area contributed by atoms with Crippen LogP contribution in [0.2, 0.25) is 0 Å². The van der Waals surface area contributed by atoms with E-state index in [0.717, 1.165) is 45.7 Å². The average Bonchev–Trinajstić information content (AvgIpc) is 3.06. The Hall–Kier alpha value is -1.75. The van der Waals surface area contributed by atoms with E-state index in [2.05, 4.69) is 69.6 Å². The molecular formula is C21H25N3S. The molecule has 0 spiro atoms. The Labute approximate surface area is 153 Å². The average molecular weight is 352 g/mol. The lowest BCUT2D eigenvalue weighted by atomic mass is 10.0. The van der Waals surface area contributed by atoms with Crippen LogP contribution in [-0.4, -0.2) is 47.5 Å². The summed E-state index contributed by atoms with van der Waals surface area (Å²) >= 11 is 1.75. The fourth-order valence-electron chi connectivity index (χ4n) is 3.67. The van der Waals surface area contributed by atoms with Gasteiger partial charge in [-0.05, 0) is 29.7 Å². The van der Waals surface area contributed by atoms with Crippen LogP contribution in [0.5, 0.6) is 0 Å². The summed E-state index contributed by atoms with van der Waals surface area (Å²) in [5.74, 6) is 0. The fraction of sp³-hybridized carbons (Fsp3) is 0.381. The van der Waals surface area contributed by atoms with Crippen molar-refractivity contribution in [1.82, 2.24) is 14.8 Å². The monoisotopic (exact) mass is 351 g/mol. The Morgan fingerprint density at radius 1 is 0.960 bits per heavy atom. The van der Waals surface area contributed by atoms with Gasteiger partial charge in [-0.25, -0.2) is 4.98 Å². The molecule has 1 aromatic heterocycles. The lowest BCUT2D eigenvalue weighted by molar-refractivity contribution is 0.127. The van der Waals surface area contributed by atoms with Gasteiger partial charge in [0.05, 0.1) is 10.7 Å². The molecule has 25 heavy (non-hydrogen) atoms. The van der Waals surface area contributed by atoms with Gasteiger partial charge in [0.2, 0.25) is 0 Å². The van der Waals surface area contributed by atoms with E-state index >= 15 is 0 Å². The molecule has 3 nitrogen and oxygen atoms in total. The van der Waals surface area contributed by atoms with Crippen molar-refractivity contribution in [3.05, 3.63) is 64.1 Å². The minimum absolute atomic E-state index is 1.00. The molecule has 1 fully saturated rings. The summed E-state index contributed by atoms with van der Waals surface area (Å²) < 4.78 is 0. The summed E-state index contributed by atoms with van der Waals surface area (Å²) in [6.45, 7) is 8.85. The zero-order valence-electron chi connectivity index (χ0n) is 14.8. The van der Waals surface area contributed by atoms with Crippen LogP contribution >= 0.6 is 11.3 Å². The summed E-state index contributed by atoms with van der Waals surface area (Å²) in [7, 11) is 0. The number of aryl methyl sites for hydroxylation is 1. The van der Waals surface area contributed by atoms with Gasteiger partial charge in [0.25, 0.3) is 0 Å². The summed E-state index contributed by atoms with van der Waals surface area (Å²) in [6.07, 6.45) is 1.13. The zero-order chi connectivity index (χ0) is 17.1. The van der Waals surface area contributed by atoms with Gasteiger partial charge in [-0.2, -0.15) is 0 Å². The molecule has 0 aliphatic carbocycles. The summed E-state index contributed by atoms with van der Waals surface area (Å²) in [4.78, 5) is 9.72. The number of aromatic nitrogens is 1. The van der Waals surface area contributed by atoms with E-state index < -0.39 is 0 Å². The summed E-state index contributed by atoms with van der Waals surface area (Å²) in [6, 6.07) is 15.4.